The number of halogens is 1. The first-order valence-electron chi connectivity index (χ1n) is 11.6. The van der Waals surface area contributed by atoms with Crippen molar-refractivity contribution in [2.24, 2.45) is 4.99 Å². The number of benzene rings is 2. The van der Waals surface area contributed by atoms with Crippen molar-refractivity contribution in [1.82, 2.24) is 15.1 Å². The van der Waals surface area contributed by atoms with Crippen LogP contribution in [0.15, 0.2) is 53.5 Å². The van der Waals surface area contributed by atoms with Crippen LogP contribution in [0.1, 0.15) is 41.2 Å². The fourth-order valence-electron chi connectivity index (χ4n) is 4.62. The number of guanidine groups is 1. The van der Waals surface area contributed by atoms with Crippen molar-refractivity contribution in [2.75, 3.05) is 39.8 Å². The van der Waals surface area contributed by atoms with Crippen LogP contribution in [-0.2, 0) is 22.5 Å². The molecule has 0 spiro atoms. The monoisotopic (exact) mass is 562 g/mol. The van der Waals surface area contributed by atoms with Gasteiger partial charge in [-0.15, -0.1) is 24.0 Å². The van der Waals surface area contributed by atoms with Crippen molar-refractivity contribution in [2.45, 2.75) is 38.8 Å². The minimum Gasteiger partial charge on any atom is -0.370 e. The van der Waals surface area contributed by atoms with Crippen LogP contribution in [0.3, 0.4) is 0 Å². The first-order valence-corrected chi connectivity index (χ1v) is 11.6. The van der Waals surface area contributed by atoms with Crippen molar-refractivity contribution in [3.8, 4) is 0 Å². The molecule has 1 unspecified atom stereocenters. The summed E-state index contributed by atoms with van der Waals surface area (Å²) < 4.78 is 6.04. The number of carbonyl (C=O) groups is 1. The molecule has 0 saturated carbocycles. The van der Waals surface area contributed by atoms with Crippen LogP contribution in [0.4, 0.5) is 0 Å². The molecule has 2 aromatic carbocycles. The molecule has 0 radical (unpaired) electrons. The van der Waals surface area contributed by atoms with E-state index in [1.54, 1.807) is 0 Å². The van der Waals surface area contributed by atoms with Gasteiger partial charge in [0.15, 0.2) is 5.96 Å². The smallest absolute Gasteiger partial charge is 0.222 e. The molecule has 0 aliphatic carbocycles. The van der Waals surface area contributed by atoms with Crippen molar-refractivity contribution in [1.29, 1.82) is 0 Å². The van der Waals surface area contributed by atoms with Gasteiger partial charge in [0.1, 0.15) is 6.10 Å². The number of hydrogen-bond acceptors (Lipinski definition) is 3. The van der Waals surface area contributed by atoms with E-state index >= 15 is 0 Å². The number of fused-ring (bicyclic) bond motifs is 1. The van der Waals surface area contributed by atoms with Gasteiger partial charge in [0, 0.05) is 39.6 Å². The predicted molar refractivity (Wildman–Crippen MR) is 143 cm³/mol. The van der Waals surface area contributed by atoms with Crippen LogP contribution in [0.25, 0.3) is 0 Å². The maximum absolute atomic E-state index is 12.7. The van der Waals surface area contributed by atoms with E-state index < -0.39 is 0 Å². The quantitative estimate of drug-likeness (QED) is 0.260. The number of amides is 1. The van der Waals surface area contributed by atoms with Gasteiger partial charge >= 0.3 is 0 Å². The van der Waals surface area contributed by atoms with Gasteiger partial charge in [0.05, 0.1) is 13.2 Å². The van der Waals surface area contributed by atoms with Gasteiger partial charge in [-0.25, -0.2) is 0 Å². The molecule has 1 amide bonds. The third-order valence-corrected chi connectivity index (χ3v) is 6.45. The lowest BCUT2D eigenvalue weighted by Crippen LogP contribution is -2.48. The van der Waals surface area contributed by atoms with Gasteiger partial charge in [-0.2, -0.15) is 0 Å². The van der Waals surface area contributed by atoms with Crippen molar-refractivity contribution >= 4 is 35.8 Å². The Balaban J connectivity index is 0.00000306. The average molecular weight is 562 g/mol. The molecular formula is C26H35IN4O2. The van der Waals surface area contributed by atoms with Crippen LogP contribution in [-0.4, -0.2) is 61.5 Å². The molecule has 1 fully saturated rings. The summed E-state index contributed by atoms with van der Waals surface area (Å²) in [7, 11) is 1.82. The van der Waals surface area contributed by atoms with Crippen LogP contribution < -0.4 is 5.32 Å². The third kappa shape index (κ3) is 6.47. The molecule has 2 aromatic rings. The molecule has 178 valence electrons. The molecule has 1 N–H and O–H groups in total. The number of morpholine rings is 1. The number of ether oxygens (including phenoxy) is 1. The maximum Gasteiger partial charge on any atom is 0.222 e. The Morgan fingerprint density at radius 1 is 1.09 bits per heavy atom. The highest BCUT2D eigenvalue weighted by Gasteiger charge is 2.25. The summed E-state index contributed by atoms with van der Waals surface area (Å²) in [5.41, 5.74) is 5.14. The number of nitrogens with zero attached hydrogens (tertiary/aromatic N) is 3. The molecule has 2 heterocycles. The second-order valence-electron chi connectivity index (χ2n) is 8.57. The molecule has 4 rings (SSSR count). The fraction of sp³-hybridized carbons (Fsp3) is 0.462. The molecule has 33 heavy (non-hydrogen) atoms. The Bertz CT molecular complexity index is 965. The number of aryl methyl sites for hydroxylation is 1. The second-order valence-corrected chi connectivity index (χ2v) is 8.57. The zero-order valence-corrected chi connectivity index (χ0v) is 22.0. The number of aliphatic imine (C=N–C) groups is 1. The lowest BCUT2D eigenvalue weighted by Gasteiger charge is -2.35. The number of carbonyl (C=O) groups excluding carboxylic acids is 1. The third-order valence-electron chi connectivity index (χ3n) is 6.45. The van der Waals surface area contributed by atoms with E-state index in [-0.39, 0.29) is 36.0 Å². The topological polar surface area (TPSA) is 57.2 Å². The highest BCUT2D eigenvalue weighted by Crippen LogP contribution is 2.25. The standard InChI is InChI=1S/C26H34N4O2.HI/c1-20-8-3-6-11-23(20)24-19-30(16-17-32-24)26(27-2)28-14-7-12-25(31)29-15-13-21-9-4-5-10-22(21)18-29;/h3-6,8-11,24H,7,12-19H2,1-2H3,(H,27,28);1H. The normalized spacial score (nSPS) is 18.4. The van der Waals surface area contributed by atoms with E-state index in [2.05, 4.69) is 70.7 Å². The van der Waals surface area contributed by atoms with Gasteiger partial charge in [-0.3, -0.25) is 9.79 Å². The van der Waals surface area contributed by atoms with Crippen LogP contribution in [0.2, 0.25) is 0 Å². The Morgan fingerprint density at radius 3 is 2.64 bits per heavy atom. The number of nitrogens with one attached hydrogen (secondary N) is 1. The number of hydrogen-bond donors (Lipinski definition) is 1. The maximum atomic E-state index is 12.7. The van der Waals surface area contributed by atoms with Gasteiger partial charge in [-0.05, 0) is 42.0 Å². The Hall–Kier alpha value is -2.13. The van der Waals surface area contributed by atoms with Crippen LogP contribution in [0.5, 0.6) is 0 Å². The highest BCUT2D eigenvalue weighted by atomic mass is 127. The SMILES string of the molecule is CN=C(NCCCC(=O)N1CCc2ccccc2C1)N1CCOC(c2ccccc2C)C1.I. The van der Waals surface area contributed by atoms with E-state index in [1.807, 2.05) is 11.9 Å². The van der Waals surface area contributed by atoms with Crippen molar-refractivity contribution in [3.63, 3.8) is 0 Å². The van der Waals surface area contributed by atoms with E-state index in [0.717, 1.165) is 51.5 Å². The van der Waals surface area contributed by atoms with Gasteiger partial charge < -0.3 is 19.9 Å². The summed E-state index contributed by atoms with van der Waals surface area (Å²) in [5, 5.41) is 3.45. The number of rotatable bonds is 5. The first-order chi connectivity index (χ1) is 15.7. The Kier molecular flexibility index (Phi) is 9.55. The minimum atomic E-state index is 0. The minimum absolute atomic E-state index is 0. The average Bonchev–Trinajstić information content (AvgIpc) is 2.84. The summed E-state index contributed by atoms with van der Waals surface area (Å²) in [6.45, 7) is 6.68. The van der Waals surface area contributed by atoms with Gasteiger partial charge in [-0.1, -0.05) is 48.5 Å². The lowest BCUT2D eigenvalue weighted by atomic mass is 9.99. The summed E-state index contributed by atoms with van der Waals surface area (Å²) >= 11 is 0. The van der Waals surface area contributed by atoms with Gasteiger partial charge in [0.25, 0.3) is 0 Å². The van der Waals surface area contributed by atoms with Crippen LogP contribution >= 0.6 is 24.0 Å². The van der Waals surface area contributed by atoms with E-state index in [1.165, 1.54) is 22.3 Å². The molecule has 1 atom stereocenters. The second kappa shape index (κ2) is 12.4. The van der Waals surface area contributed by atoms with E-state index in [9.17, 15) is 4.79 Å². The molecule has 0 bridgehead atoms. The fourth-order valence-corrected chi connectivity index (χ4v) is 4.62. The molecule has 7 heteroatoms. The molecule has 0 aromatic heterocycles. The van der Waals surface area contributed by atoms with Gasteiger partial charge in [0.2, 0.25) is 5.91 Å². The largest absolute Gasteiger partial charge is 0.370 e. The van der Waals surface area contributed by atoms with Crippen molar-refractivity contribution < 1.29 is 9.53 Å². The Morgan fingerprint density at radius 2 is 1.85 bits per heavy atom. The molecule has 1 saturated heterocycles. The Labute approximate surface area is 214 Å². The lowest BCUT2D eigenvalue weighted by molar-refractivity contribution is -0.132. The van der Waals surface area contributed by atoms with Crippen LogP contribution in [0, 0.1) is 6.92 Å². The summed E-state index contributed by atoms with van der Waals surface area (Å²) in [4.78, 5) is 21.4. The summed E-state index contributed by atoms with van der Waals surface area (Å²) in [6, 6.07) is 16.8. The molecule has 2 aliphatic heterocycles. The summed E-state index contributed by atoms with van der Waals surface area (Å²) in [5.74, 6) is 1.12. The predicted octanol–water partition coefficient (Wildman–Crippen LogP) is 3.93. The van der Waals surface area contributed by atoms with Crippen molar-refractivity contribution in [3.05, 3.63) is 70.8 Å². The van der Waals surface area contributed by atoms with E-state index in [4.69, 9.17) is 4.74 Å². The summed E-state index contributed by atoms with van der Waals surface area (Å²) in [6.07, 6.45) is 2.35. The highest BCUT2D eigenvalue weighted by molar-refractivity contribution is 14.0. The van der Waals surface area contributed by atoms with E-state index in [0.29, 0.717) is 13.0 Å². The zero-order chi connectivity index (χ0) is 22.3. The molecule has 6 nitrogen and oxygen atoms in total. The zero-order valence-electron chi connectivity index (χ0n) is 19.6. The first kappa shape index (κ1) is 25.5. The molecule has 2 aliphatic rings. The molecular weight excluding hydrogens is 527 g/mol.